The van der Waals surface area contributed by atoms with Gasteiger partial charge in [-0.1, -0.05) is 29.8 Å². The lowest BCUT2D eigenvalue weighted by atomic mass is 10.1. The quantitative estimate of drug-likeness (QED) is 0.679. The zero-order chi connectivity index (χ0) is 21.9. The van der Waals surface area contributed by atoms with E-state index in [-0.39, 0.29) is 42.3 Å². The number of anilines is 1. The number of carbonyl (C=O) groups is 2. The van der Waals surface area contributed by atoms with E-state index in [1.165, 1.54) is 13.0 Å². The molecule has 9 heteroatoms. The molecule has 2 aromatic carbocycles. The highest BCUT2D eigenvalue weighted by Gasteiger charge is 2.30. The van der Waals surface area contributed by atoms with Crippen LogP contribution in [-0.2, 0) is 32.6 Å². The van der Waals surface area contributed by atoms with E-state index < -0.39 is 10.0 Å². The van der Waals surface area contributed by atoms with Crippen molar-refractivity contribution in [3.05, 3.63) is 58.6 Å². The minimum Gasteiger partial charge on any atom is -0.352 e. The highest BCUT2D eigenvalue weighted by atomic mass is 35.5. The molecule has 1 atom stereocenters. The summed E-state index contributed by atoms with van der Waals surface area (Å²) in [6, 6.07) is 11.9. The largest absolute Gasteiger partial charge is 0.352 e. The predicted octanol–water partition coefficient (Wildman–Crippen LogP) is 2.62. The third kappa shape index (κ3) is 5.00. The van der Waals surface area contributed by atoms with Gasteiger partial charge in [-0.05, 0) is 48.7 Å². The van der Waals surface area contributed by atoms with Crippen molar-refractivity contribution in [1.29, 1.82) is 0 Å². The van der Waals surface area contributed by atoms with E-state index in [9.17, 15) is 18.0 Å². The zero-order valence-corrected chi connectivity index (χ0v) is 18.4. The van der Waals surface area contributed by atoms with E-state index >= 15 is 0 Å². The van der Waals surface area contributed by atoms with Crippen LogP contribution in [0.5, 0.6) is 0 Å². The maximum absolute atomic E-state index is 12.6. The molecule has 30 heavy (non-hydrogen) atoms. The molecule has 1 aliphatic heterocycles. The molecule has 7 nitrogen and oxygen atoms in total. The molecule has 3 rings (SSSR count). The van der Waals surface area contributed by atoms with Gasteiger partial charge >= 0.3 is 0 Å². The third-order valence-corrected chi connectivity index (χ3v) is 6.82. The van der Waals surface area contributed by atoms with Crippen molar-refractivity contribution in [3.63, 3.8) is 0 Å². The van der Waals surface area contributed by atoms with Crippen LogP contribution in [0.25, 0.3) is 0 Å². The smallest absolute Gasteiger partial charge is 0.240 e. The Bertz CT molecular complexity index is 1070. The number of amides is 2. The number of nitrogens with zero attached hydrogens (tertiary/aromatic N) is 1. The number of carbonyl (C=O) groups excluding carboxylic acids is 2. The number of rotatable bonds is 7. The highest BCUT2D eigenvalue weighted by Crippen LogP contribution is 2.33. The van der Waals surface area contributed by atoms with Crippen LogP contribution in [-0.4, -0.2) is 32.8 Å². The van der Waals surface area contributed by atoms with Crippen LogP contribution in [0, 0.1) is 0 Å². The van der Waals surface area contributed by atoms with E-state index in [1.807, 2.05) is 19.1 Å². The summed E-state index contributed by atoms with van der Waals surface area (Å²) in [6.07, 6.45) is 0.604. The summed E-state index contributed by atoms with van der Waals surface area (Å²) < 4.78 is 27.6. The number of benzene rings is 2. The maximum atomic E-state index is 12.6. The highest BCUT2D eigenvalue weighted by molar-refractivity contribution is 7.89. The molecule has 160 valence electrons. The van der Waals surface area contributed by atoms with Crippen molar-refractivity contribution >= 4 is 39.1 Å². The van der Waals surface area contributed by atoms with Crippen LogP contribution in [0.2, 0.25) is 5.02 Å². The lowest BCUT2D eigenvalue weighted by molar-refractivity contribution is -0.121. The normalized spacial score (nSPS) is 15.7. The summed E-state index contributed by atoms with van der Waals surface area (Å²) in [5.41, 5.74) is 2.35. The first-order valence-electron chi connectivity index (χ1n) is 9.61. The van der Waals surface area contributed by atoms with Gasteiger partial charge < -0.3 is 10.2 Å². The fraction of sp³-hybridized carbons (Fsp3) is 0.333. The van der Waals surface area contributed by atoms with E-state index in [2.05, 4.69) is 10.0 Å². The number of halogens is 1. The van der Waals surface area contributed by atoms with Crippen LogP contribution in [0.1, 0.15) is 31.4 Å². The van der Waals surface area contributed by atoms with Crippen LogP contribution in [0.4, 0.5) is 5.69 Å². The maximum Gasteiger partial charge on any atom is 0.240 e. The number of hydrogen-bond acceptors (Lipinski definition) is 4. The Morgan fingerprint density at radius 1 is 1.20 bits per heavy atom. The Labute approximate surface area is 181 Å². The summed E-state index contributed by atoms with van der Waals surface area (Å²) in [4.78, 5) is 25.6. The van der Waals surface area contributed by atoms with E-state index in [0.717, 1.165) is 16.8 Å². The molecule has 1 aliphatic rings. The summed E-state index contributed by atoms with van der Waals surface area (Å²) in [5.74, 6) is -0.352. The fourth-order valence-corrected chi connectivity index (χ4v) is 4.85. The molecular weight excluding hydrogens is 426 g/mol. The van der Waals surface area contributed by atoms with Crippen molar-refractivity contribution in [2.45, 2.75) is 44.2 Å². The lowest BCUT2D eigenvalue weighted by Crippen LogP contribution is -2.33. The van der Waals surface area contributed by atoms with Gasteiger partial charge in [-0.25, -0.2) is 13.1 Å². The number of hydrogen-bond donors (Lipinski definition) is 2. The molecule has 0 aromatic heterocycles. The Kier molecular flexibility index (Phi) is 6.80. The molecule has 0 aliphatic carbocycles. The average molecular weight is 450 g/mol. The molecule has 2 amide bonds. The van der Waals surface area contributed by atoms with Crippen LogP contribution in [0.3, 0.4) is 0 Å². The Morgan fingerprint density at radius 2 is 1.93 bits per heavy atom. The summed E-state index contributed by atoms with van der Waals surface area (Å²) >= 11 is 6.05. The molecule has 0 saturated heterocycles. The topological polar surface area (TPSA) is 95.6 Å². The lowest BCUT2D eigenvalue weighted by Gasteiger charge is -2.20. The van der Waals surface area contributed by atoms with Crippen molar-refractivity contribution in [3.8, 4) is 0 Å². The average Bonchev–Trinajstić information content (AvgIpc) is 3.02. The minimum atomic E-state index is -3.76. The van der Waals surface area contributed by atoms with Gasteiger partial charge in [0.1, 0.15) is 0 Å². The second kappa shape index (κ2) is 9.16. The predicted molar refractivity (Wildman–Crippen MR) is 116 cm³/mol. The Hall–Kier alpha value is -2.42. The van der Waals surface area contributed by atoms with E-state index in [1.54, 1.807) is 29.2 Å². The Balaban J connectivity index is 1.56. The minimum absolute atomic E-state index is 0.00374. The standard InChI is InChI=1S/C21H24ClN3O4S/c1-14-11-17-12-18(7-8-20(17)25(14)15(2)26)30(28,29)24-10-9-21(27)23-13-16-5-3-4-6-19(16)22/h3-8,12,14,24H,9-11,13H2,1-2H3,(H,23,27)/t14-/m1/s1. The van der Waals surface area contributed by atoms with E-state index in [0.29, 0.717) is 11.4 Å². The number of fused-ring (bicyclic) bond motifs is 1. The second-order valence-corrected chi connectivity index (χ2v) is 9.42. The van der Waals surface area contributed by atoms with Crippen molar-refractivity contribution in [2.24, 2.45) is 0 Å². The Morgan fingerprint density at radius 3 is 2.63 bits per heavy atom. The third-order valence-electron chi connectivity index (χ3n) is 4.99. The van der Waals surface area contributed by atoms with Crippen LogP contribution >= 0.6 is 11.6 Å². The molecule has 2 N–H and O–H groups in total. The molecule has 0 saturated carbocycles. The molecular formula is C21H24ClN3O4S. The first kappa shape index (κ1) is 22.3. The first-order valence-corrected chi connectivity index (χ1v) is 11.5. The van der Waals surface area contributed by atoms with Crippen molar-refractivity contribution in [2.75, 3.05) is 11.4 Å². The fourth-order valence-electron chi connectivity index (χ4n) is 3.56. The van der Waals surface area contributed by atoms with Gasteiger partial charge in [0.15, 0.2) is 0 Å². The van der Waals surface area contributed by atoms with Gasteiger partial charge in [0.05, 0.1) is 4.90 Å². The molecule has 0 spiro atoms. The molecule has 0 unspecified atom stereocenters. The second-order valence-electron chi connectivity index (χ2n) is 7.25. The number of sulfonamides is 1. The van der Waals surface area contributed by atoms with Gasteiger partial charge in [0.25, 0.3) is 0 Å². The molecule has 2 aromatic rings. The summed E-state index contributed by atoms with van der Waals surface area (Å²) in [6.45, 7) is 3.67. The van der Waals surface area contributed by atoms with E-state index in [4.69, 9.17) is 11.6 Å². The SMILES string of the molecule is CC(=O)N1c2ccc(S(=O)(=O)NCCC(=O)NCc3ccccc3Cl)cc2C[C@H]1C. The van der Waals surface area contributed by atoms with Crippen molar-refractivity contribution in [1.82, 2.24) is 10.0 Å². The van der Waals surface area contributed by atoms with Crippen LogP contribution in [0.15, 0.2) is 47.4 Å². The summed E-state index contributed by atoms with van der Waals surface area (Å²) in [7, 11) is -3.76. The number of nitrogens with one attached hydrogen (secondary N) is 2. The van der Waals surface area contributed by atoms with Gasteiger partial charge in [-0.3, -0.25) is 9.59 Å². The van der Waals surface area contributed by atoms with Crippen molar-refractivity contribution < 1.29 is 18.0 Å². The zero-order valence-electron chi connectivity index (χ0n) is 16.8. The van der Waals surface area contributed by atoms with Crippen LogP contribution < -0.4 is 14.9 Å². The first-order chi connectivity index (χ1) is 14.2. The summed E-state index contributed by atoms with van der Waals surface area (Å²) in [5, 5.41) is 3.29. The van der Waals surface area contributed by atoms with Gasteiger partial charge in [0, 0.05) is 43.2 Å². The van der Waals surface area contributed by atoms with Gasteiger partial charge in [0.2, 0.25) is 21.8 Å². The van der Waals surface area contributed by atoms with Gasteiger partial charge in [-0.15, -0.1) is 0 Å². The molecule has 0 fully saturated rings. The molecule has 0 bridgehead atoms. The molecule has 1 heterocycles. The molecule has 0 radical (unpaired) electrons. The monoisotopic (exact) mass is 449 g/mol. The van der Waals surface area contributed by atoms with Gasteiger partial charge in [-0.2, -0.15) is 0 Å².